The van der Waals surface area contributed by atoms with Crippen molar-refractivity contribution in [2.45, 2.75) is 19.4 Å². The summed E-state index contributed by atoms with van der Waals surface area (Å²) in [5.41, 5.74) is 1.49. The Morgan fingerprint density at radius 3 is 2.63 bits per heavy atom. The van der Waals surface area contributed by atoms with Crippen molar-refractivity contribution in [1.29, 1.82) is 5.26 Å². The van der Waals surface area contributed by atoms with Crippen LogP contribution in [-0.2, 0) is 9.53 Å². The third kappa shape index (κ3) is 3.96. The fourth-order valence-corrected chi connectivity index (χ4v) is 2.74. The van der Waals surface area contributed by atoms with Crippen molar-refractivity contribution >= 4 is 28.5 Å². The fraction of sp³-hybridized carbons (Fsp3) is 0.200. The average molecular weight is 362 g/mol. The van der Waals surface area contributed by atoms with Crippen LogP contribution in [0.5, 0.6) is 0 Å². The Labute approximate surface area is 156 Å². The molecular weight excluding hydrogens is 344 g/mol. The van der Waals surface area contributed by atoms with Crippen LogP contribution in [0.2, 0.25) is 0 Å². The SMILES string of the molecule is CC(OC(=O)c1n[nH]c2ccccc12)C(=O)N(CCC#N)c1ccccc1. The Morgan fingerprint density at radius 2 is 1.89 bits per heavy atom. The highest BCUT2D eigenvalue weighted by atomic mass is 16.5. The highest BCUT2D eigenvalue weighted by molar-refractivity contribution is 6.04. The number of ether oxygens (including phenoxy) is 1. The number of carbonyl (C=O) groups is 2. The molecule has 0 saturated carbocycles. The quantitative estimate of drug-likeness (QED) is 0.680. The molecule has 7 heteroatoms. The Kier molecular flexibility index (Phi) is 5.47. The van der Waals surface area contributed by atoms with E-state index in [2.05, 4.69) is 10.2 Å². The summed E-state index contributed by atoms with van der Waals surface area (Å²) < 4.78 is 5.35. The standard InChI is InChI=1S/C20H18N4O3/c1-14(19(25)24(13-7-12-21)15-8-3-2-4-9-15)27-20(26)18-16-10-5-6-11-17(16)22-23-18/h2-6,8-11,14H,7,13H2,1H3,(H,22,23). The number of hydrogen-bond donors (Lipinski definition) is 1. The van der Waals surface area contributed by atoms with E-state index in [9.17, 15) is 9.59 Å². The number of para-hydroxylation sites is 2. The molecule has 136 valence electrons. The number of nitrogens with zero attached hydrogens (tertiary/aromatic N) is 3. The van der Waals surface area contributed by atoms with Crippen LogP contribution in [0, 0.1) is 11.3 Å². The van der Waals surface area contributed by atoms with E-state index in [1.165, 1.54) is 11.8 Å². The van der Waals surface area contributed by atoms with Crippen molar-refractivity contribution in [3.8, 4) is 6.07 Å². The van der Waals surface area contributed by atoms with Gasteiger partial charge in [-0.25, -0.2) is 4.79 Å². The van der Waals surface area contributed by atoms with Gasteiger partial charge in [-0.2, -0.15) is 10.4 Å². The molecule has 0 fully saturated rings. The minimum absolute atomic E-state index is 0.133. The minimum Gasteiger partial charge on any atom is -0.448 e. The molecule has 1 unspecified atom stereocenters. The number of nitriles is 1. The first-order valence-corrected chi connectivity index (χ1v) is 8.49. The van der Waals surface area contributed by atoms with Crippen LogP contribution < -0.4 is 4.90 Å². The van der Waals surface area contributed by atoms with E-state index in [1.807, 2.05) is 18.2 Å². The molecule has 3 rings (SSSR count). The Morgan fingerprint density at radius 1 is 1.19 bits per heavy atom. The lowest BCUT2D eigenvalue weighted by Gasteiger charge is -2.24. The van der Waals surface area contributed by atoms with E-state index in [0.717, 1.165) is 0 Å². The first kappa shape index (κ1) is 18.1. The van der Waals surface area contributed by atoms with E-state index < -0.39 is 18.0 Å². The van der Waals surface area contributed by atoms with Crippen molar-refractivity contribution in [2.75, 3.05) is 11.4 Å². The number of H-pyrrole nitrogens is 1. The third-order valence-corrected chi connectivity index (χ3v) is 4.08. The van der Waals surface area contributed by atoms with Gasteiger partial charge < -0.3 is 9.64 Å². The number of rotatable bonds is 6. The fourth-order valence-electron chi connectivity index (χ4n) is 2.74. The Hall–Kier alpha value is -3.66. The molecule has 1 heterocycles. The molecule has 1 aromatic heterocycles. The molecule has 0 radical (unpaired) electrons. The van der Waals surface area contributed by atoms with E-state index in [4.69, 9.17) is 10.00 Å². The van der Waals surface area contributed by atoms with E-state index in [-0.39, 0.29) is 18.7 Å². The molecule has 1 N–H and O–H groups in total. The zero-order valence-corrected chi connectivity index (χ0v) is 14.8. The van der Waals surface area contributed by atoms with Crippen LogP contribution in [-0.4, -0.2) is 34.7 Å². The van der Waals surface area contributed by atoms with Gasteiger partial charge in [-0.15, -0.1) is 0 Å². The highest BCUT2D eigenvalue weighted by Gasteiger charge is 2.27. The lowest BCUT2D eigenvalue weighted by atomic mass is 10.2. The number of hydrogen-bond acceptors (Lipinski definition) is 5. The van der Waals surface area contributed by atoms with Gasteiger partial charge in [0.25, 0.3) is 5.91 Å². The van der Waals surface area contributed by atoms with E-state index in [1.54, 1.807) is 42.5 Å². The molecule has 0 aliphatic heterocycles. The van der Waals surface area contributed by atoms with Gasteiger partial charge in [-0.3, -0.25) is 9.89 Å². The Balaban J connectivity index is 1.77. The summed E-state index contributed by atoms with van der Waals surface area (Å²) in [6.45, 7) is 1.73. The summed E-state index contributed by atoms with van der Waals surface area (Å²) in [7, 11) is 0. The smallest absolute Gasteiger partial charge is 0.360 e. The number of aromatic nitrogens is 2. The van der Waals surface area contributed by atoms with Crippen LogP contribution in [0.25, 0.3) is 10.9 Å². The highest BCUT2D eigenvalue weighted by Crippen LogP contribution is 2.19. The summed E-state index contributed by atoms with van der Waals surface area (Å²) in [4.78, 5) is 26.8. The van der Waals surface area contributed by atoms with Gasteiger partial charge in [-0.05, 0) is 25.1 Å². The van der Waals surface area contributed by atoms with Gasteiger partial charge in [-0.1, -0.05) is 36.4 Å². The molecule has 0 aliphatic rings. The van der Waals surface area contributed by atoms with Gasteiger partial charge >= 0.3 is 5.97 Å². The monoisotopic (exact) mass is 362 g/mol. The largest absolute Gasteiger partial charge is 0.448 e. The van der Waals surface area contributed by atoms with Gasteiger partial charge in [0.1, 0.15) is 0 Å². The van der Waals surface area contributed by atoms with Crippen molar-refractivity contribution in [3.63, 3.8) is 0 Å². The van der Waals surface area contributed by atoms with E-state index >= 15 is 0 Å². The molecule has 27 heavy (non-hydrogen) atoms. The topological polar surface area (TPSA) is 99.1 Å². The second-order valence-electron chi connectivity index (χ2n) is 5.90. The van der Waals surface area contributed by atoms with E-state index in [0.29, 0.717) is 16.6 Å². The number of aromatic amines is 1. The molecule has 2 aromatic carbocycles. The molecular formula is C20H18N4O3. The molecule has 3 aromatic rings. The number of esters is 1. The van der Waals surface area contributed by atoms with Crippen LogP contribution in [0.15, 0.2) is 54.6 Å². The van der Waals surface area contributed by atoms with Gasteiger partial charge in [0.15, 0.2) is 11.8 Å². The zero-order valence-electron chi connectivity index (χ0n) is 14.8. The van der Waals surface area contributed by atoms with Gasteiger partial charge in [0.05, 0.1) is 18.0 Å². The maximum Gasteiger partial charge on any atom is 0.360 e. The molecule has 0 saturated heterocycles. The second-order valence-corrected chi connectivity index (χ2v) is 5.90. The minimum atomic E-state index is -1.02. The summed E-state index contributed by atoms with van der Waals surface area (Å²) in [5, 5.41) is 16.3. The van der Waals surface area contributed by atoms with Crippen molar-refractivity contribution in [3.05, 3.63) is 60.3 Å². The third-order valence-electron chi connectivity index (χ3n) is 4.08. The number of amides is 1. The van der Waals surface area contributed by atoms with Gasteiger partial charge in [0, 0.05) is 17.6 Å². The van der Waals surface area contributed by atoms with Crippen molar-refractivity contribution in [2.24, 2.45) is 0 Å². The number of fused-ring (bicyclic) bond motifs is 1. The van der Waals surface area contributed by atoms with Crippen LogP contribution in [0.4, 0.5) is 5.69 Å². The number of carbonyl (C=O) groups excluding carboxylic acids is 2. The van der Waals surface area contributed by atoms with Crippen molar-refractivity contribution in [1.82, 2.24) is 10.2 Å². The normalized spacial score (nSPS) is 11.6. The maximum atomic E-state index is 12.8. The Bertz CT molecular complexity index is 991. The molecule has 0 spiro atoms. The van der Waals surface area contributed by atoms with Crippen LogP contribution in [0.3, 0.4) is 0 Å². The summed E-state index contributed by atoms with van der Waals surface area (Å²) >= 11 is 0. The summed E-state index contributed by atoms with van der Waals surface area (Å²) in [6.07, 6.45) is -0.849. The first-order valence-electron chi connectivity index (χ1n) is 8.49. The molecule has 0 aliphatic carbocycles. The first-order chi connectivity index (χ1) is 13.1. The number of benzene rings is 2. The number of nitrogens with one attached hydrogen (secondary N) is 1. The van der Waals surface area contributed by atoms with Crippen molar-refractivity contribution < 1.29 is 14.3 Å². The van der Waals surface area contributed by atoms with Crippen LogP contribution in [0.1, 0.15) is 23.8 Å². The molecule has 1 atom stereocenters. The summed E-state index contributed by atoms with van der Waals surface area (Å²) in [6, 6.07) is 18.2. The predicted octanol–water partition coefficient (Wildman–Crippen LogP) is 3.06. The average Bonchev–Trinajstić information content (AvgIpc) is 3.13. The number of anilines is 1. The zero-order chi connectivity index (χ0) is 19.2. The lowest BCUT2D eigenvalue weighted by Crippen LogP contribution is -2.40. The molecule has 0 bridgehead atoms. The summed E-state index contributed by atoms with van der Waals surface area (Å²) in [5.74, 6) is -1.08. The molecule has 1 amide bonds. The predicted molar refractivity (Wildman–Crippen MR) is 100.0 cm³/mol. The molecule has 7 nitrogen and oxygen atoms in total. The lowest BCUT2D eigenvalue weighted by molar-refractivity contribution is -0.126. The van der Waals surface area contributed by atoms with Gasteiger partial charge in [0.2, 0.25) is 0 Å². The van der Waals surface area contributed by atoms with Crippen LogP contribution >= 0.6 is 0 Å². The second kappa shape index (κ2) is 8.15. The maximum absolute atomic E-state index is 12.8.